The number of aliphatic hydroxyl groups is 1. The molecule has 1 aliphatic heterocycles. The highest BCUT2D eigenvalue weighted by atomic mass is 35.5. The topological polar surface area (TPSA) is 85.6 Å². The van der Waals surface area contributed by atoms with Crippen LogP contribution in [0.5, 0.6) is 5.75 Å². The Hall–Kier alpha value is -2.30. The molecule has 34 heavy (non-hydrogen) atoms. The van der Waals surface area contributed by atoms with Crippen molar-refractivity contribution >= 4 is 17.5 Å². The molecule has 11 heteroatoms. The van der Waals surface area contributed by atoms with Gasteiger partial charge in [-0.3, -0.25) is 14.2 Å². The molecule has 7 nitrogen and oxygen atoms in total. The lowest BCUT2D eigenvalue weighted by Gasteiger charge is -2.70. The first-order valence-electron chi connectivity index (χ1n) is 11.3. The van der Waals surface area contributed by atoms with Crippen LogP contribution in [-0.2, 0) is 15.1 Å². The SMILES string of the molecule is O=C(NC12CC(n3ccc([C@H]4C[C@@H](OC(F)(F)F)C4)n3)(C1)C2)C1C[C@@H](O)c2cc(Cl)ccc2O1. The molecule has 182 valence electrons. The molecule has 2 N–H and O–H groups in total. The number of carbonyl (C=O) groups excluding carboxylic acids is 1. The van der Waals surface area contributed by atoms with Gasteiger partial charge in [0.15, 0.2) is 6.10 Å². The molecule has 5 aliphatic rings. The van der Waals surface area contributed by atoms with Crippen LogP contribution in [0.15, 0.2) is 30.5 Å². The summed E-state index contributed by atoms with van der Waals surface area (Å²) in [6.45, 7) is 0. The molecule has 4 aliphatic carbocycles. The number of hydrogen-bond acceptors (Lipinski definition) is 5. The first-order valence-corrected chi connectivity index (χ1v) is 11.7. The fraction of sp³-hybridized carbons (Fsp3) is 0.565. The van der Waals surface area contributed by atoms with Crippen LogP contribution in [0.25, 0.3) is 0 Å². The number of aromatic nitrogens is 2. The van der Waals surface area contributed by atoms with E-state index in [0.29, 0.717) is 29.2 Å². The van der Waals surface area contributed by atoms with E-state index in [4.69, 9.17) is 16.3 Å². The summed E-state index contributed by atoms with van der Waals surface area (Å²) in [4.78, 5) is 12.9. The zero-order chi connectivity index (χ0) is 23.9. The Labute approximate surface area is 198 Å². The molecule has 1 unspecified atom stereocenters. The highest BCUT2D eigenvalue weighted by molar-refractivity contribution is 6.30. The minimum atomic E-state index is -4.60. The summed E-state index contributed by atoms with van der Waals surface area (Å²) in [6.07, 6.45) is -2.15. The van der Waals surface area contributed by atoms with Crippen molar-refractivity contribution in [2.45, 2.75) is 80.2 Å². The van der Waals surface area contributed by atoms with E-state index in [0.717, 1.165) is 25.0 Å². The Kier molecular flexibility index (Phi) is 4.80. The molecule has 7 rings (SSSR count). The Balaban J connectivity index is 1.03. The van der Waals surface area contributed by atoms with Gasteiger partial charge in [0.25, 0.3) is 5.91 Å². The number of hydrogen-bond donors (Lipinski definition) is 2. The molecule has 1 aromatic carbocycles. The lowest BCUT2D eigenvalue weighted by atomic mass is 9.44. The smallest absolute Gasteiger partial charge is 0.480 e. The summed E-state index contributed by atoms with van der Waals surface area (Å²) in [5, 5.41) is 18.7. The standard InChI is InChI=1S/C23H23ClF3N3O4/c24-13-1-2-18-15(7-13)17(31)8-19(33-18)20(32)28-21-9-22(10-21,11-21)30-4-3-16(29-30)12-5-14(6-12)34-23(25,26)27/h1-4,7,12,14,17,19,31H,5-6,8-11H2,(H,28,32)/t12-,14+,17-,19?,21?,22?/m1/s1. The first kappa shape index (κ1) is 22.2. The van der Waals surface area contributed by atoms with Crippen molar-refractivity contribution in [3.63, 3.8) is 0 Å². The zero-order valence-corrected chi connectivity index (χ0v) is 18.8. The number of benzene rings is 1. The Morgan fingerprint density at radius 3 is 2.68 bits per heavy atom. The Morgan fingerprint density at radius 2 is 1.97 bits per heavy atom. The van der Waals surface area contributed by atoms with E-state index in [-0.39, 0.29) is 29.3 Å². The van der Waals surface area contributed by atoms with Gasteiger partial charge in [-0.2, -0.15) is 5.10 Å². The van der Waals surface area contributed by atoms with Gasteiger partial charge >= 0.3 is 6.36 Å². The molecule has 4 saturated carbocycles. The first-order chi connectivity index (χ1) is 16.0. The summed E-state index contributed by atoms with van der Waals surface area (Å²) in [7, 11) is 0. The number of halogens is 4. The van der Waals surface area contributed by atoms with Crippen LogP contribution < -0.4 is 10.1 Å². The van der Waals surface area contributed by atoms with Gasteiger partial charge in [0.1, 0.15) is 5.75 Å². The molecular weight excluding hydrogens is 475 g/mol. The average Bonchev–Trinajstić information content (AvgIpc) is 3.14. The maximum absolute atomic E-state index is 12.9. The van der Waals surface area contributed by atoms with E-state index >= 15 is 0 Å². The van der Waals surface area contributed by atoms with Crippen LogP contribution in [0.3, 0.4) is 0 Å². The van der Waals surface area contributed by atoms with Crippen LogP contribution in [0.1, 0.15) is 61.8 Å². The highest BCUT2D eigenvalue weighted by Gasteiger charge is 2.70. The second-order valence-corrected chi connectivity index (χ2v) is 10.5. The van der Waals surface area contributed by atoms with Crippen molar-refractivity contribution in [2.24, 2.45) is 0 Å². The monoisotopic (exact) mass is 497 g/mol. The van der Waals surface area contributed by atoms with Crippen LogP contribution >= 0.6 is 11.6 Å². The third-order valence-electron chi connectivity index (χ3n) is 7.63. The van der Waals surface area contributed by atoms with E-state index in [2.05, 4.69) is 15.2 Å². The molecule has 1 aromatic heterocycles. The predicted octanol–water partition coefficient (Wildman–Crippen LogP) is 3.95. The van der Waals surface area contributed by atoms with Crippen molar-refractivity contribution in [2.75, 3.05) is 0 Å². The summed E-state index contributed by atoms with van der Waals surface area (Å²) in [5.41, 5.74) is 0.902. The van der Waals surface area contributed by atoms with Crippen LogP contribution in [0.4, 0.5) is 13.2 Å². The Bertz CT molecular complexity index is 1130. The Morgan fingerprint density at radius 1 is 1.24 bits per heavy atom. The number of rotatable bonds is 5. The van der Waals surface area contributed by atoms with Crippen molar-refractivity contribution < 1.29 is 32.5 Å². The second kappa shape index (κ2) is 7.35. The number of ether oxygens (including phenoxy) is 2. The lowest BCUT2D eigenvalue weighted by Crippen LogP contribution is -2.79. The van der Waals surface area contributed by atoms with E-state index in [1.54, 1.807) is 18.2 Å². The molecule has 0 radical (unpaired) electrons. The zero-order valence-electron chi connectivity index (χ0n) is 18.0. The lowest BCUT2D eigenvalue weighted by molar-refractivity contribution is -0.351. The molecule has 4 fully saturated rings. The fourth-order valence-corrected chi connectivity index (χ4v) is 6.12. The van der Waals surface area contributed by atoms with Gasteiger partial charge in [-0.05, 0) is 56.4 Å². The van der Waals surface area contributed by atoms with E-state index in [1.165, 1.54) is 0 Å². The molecule has 2 atom stereocenters. The maximum Gasteiger partial charge on any atom is 0.522 e. The molecule has 0 spiro atoms. The third kappa shape index (κ3) is 3.67. The number of fused-ring (bicyclic) bond motifs is 1. The van der Waals surface area contributed by atoms with Crippen molar-refractivity contribution in [3.05, 3.63) is 46.7 Å². The summed E-state index contributed by atoms with van der Waals surface area (Å²) in [5.74, 6) is 0.182. The molecule has 0 saturated heterocycles. The summed E-state index contributed by atoms with van der Waals surface area (Å²) in [6, 6.07) is 6.82. The van der Waals surface area contributed by atoms with E-state index in [1.807, 2.05) is 16.9 Å². The largest absolute Gasteiger partial charge is 0.522 e. The van der Waals surface area contributed by atoms with Gasteiger partial charge in [0, 0.05) is 34.7 Å². The van der Waals surface area contributed by atoms with Crippen molar-refractivity contribution in [1.29, 1.82) is 0 Å². The van der Waals surface area contributed by atoms with Crippen LogP contribution in [-0.4, -0.2) is 44.9 Å². The van der Waals surface area contributed by atoms with Gasteiger partial charge < -0.3 is 15.2 Å². The minimum absolute atomic E-state index is 0.0257. The van der Waals surface area contributed by atoms with Gasteiger partial charge in [-0.1, -0.05) is 11.6 Å². The third-order valence-corrected chi connectivity index (χ3v) is 7.86. The minimum Gasteiger partial charge on any atom is -0.480 e. The number of carbonyl (C=O) groups is 1. The molecule has 2 heterocycles. The number of amides is 1. The maximum atomic E-state index is 12.9. The number of alkyl halides is 3. The normalized spacial score (nSPS) is 35.8. The molecule has 2 aromatic rings. The summed E-state index contributed by atoms with van der Waals surface area (Å²) < 4.78 is 48.8. The molecule has 2 bridgehead atoms. The van der Waals surface area contributed by atoms with Gasteiger partial charge in [-0.15, -0.1) is 13.2 Å². The number of nitrogens with one attached hydrogen (secondary N) is 1. The quantitative estimate of drug-likeness (QED) is 0.653. The van der Waals surface area contributed by atoms with Gasteiger partial charge in [0.05, 0.1) is 23.4 Å². The van der Waals surface area contributed by atoms with Crippen LogP contribution in [0.2, 0.25) is 5.02 Å². The van der Waals surface area contributed by atoms with Crippen molar-refractivity contribution in [3.8, 4) is 5.75 Å². The highest BCUT2D eigenvalue weighted by Crippen LogP contribution is 2.65. The van der Waals surface area contributed by atoms with Crippen molar-refractivity contribution in [1.82, 2.24) is 15.1 Å². The second-order valence-electron chi connectivity index (χ2n) is 10.1. The molecule has 1 amide bonds. The van der Waals surface area contributed by atoms with E-state index in [9.17, 15) is 23.1 Å². The number of aliphatic hydroxyl groups excluding tert-OH is 1. The number of nitrogens with zero attached hydrogens (tertiary/aromatic N) is 2. The summed E-state index contributed by atoms with van der Waals surface area (Å²) >= 11 is 5.98. The molecular formula is C23H23ClF3N3O4. The van der Waals surface area contributed by atoms with E-state index < -0.39 is 24.7 Å². The van der Waals surface area contributed by atoms with Gasteiger partial charge in [-0.25, -0.2) is 0 Å². The van der Waals surface area contributed by atoms with Crippen LogP contribution in [0, 0.1) is 0 Å². The predicted molar refractivity (Wildman–Crippen MR) is 113 cm³/mol. The average molecular weight is 498 g/mol. The van der Waals surface area contributed by atoms with Gasteiger partial charge in [0.2, 0.25) is 0 Å². The fourth-order valence-electron chi connectivity index (χ4n) is 5.94.